The Kier molecular flexibility index (Phi) is 3.68. The van der Waals surface area contributed by atoms with Crippen molar-refractivity contribution in [3.05, 3.63) is 58.5 Å². The first-order chi connectivity index (χ1) is 7.04. The van der Waals surface area contributed by atoms with Gasteiger partial charge in [0.15, 0.2) is 0 Å². The lowest BCUT2D eigenvalue weighted by Gasteiger charge is -1.99. The van der Waals surface area contributed by atoms with Gasteiger partial charge >= 0.3 is 0 Å². The van der Waals surface area contributed by atoms with Gasteiger partial charge in [-0.2, -0.15) is 0 Å². The molecular formula is C15H18. The average Bonchev–Trinajstić information content (AvgIpc) is 2.18. The zero-order chi connectivity index (χ0) is 11.4. The van der Waals surface area contributed by atoms with Gasteiger partial charge in [0.1, 0.15) is 0 Å². The zero-order valence-corrected chi connectivity index (χ0v) is 9.80. The van der Waals surface area contributed by atoms with Crippen molar-refractivity contribution < 1.29 is 0 Å². The molecule has 0 aliphatic heterocycles. The molecular weight excluding hydrogens is 180 g/mol. The molecule has 0 fully saturated rings. The minimum atomic E-state index is 1.05. The Morgan fingerprint density at radius 3 is 2.47 bits per heavy atom. The maximum Gasteiger partial charge on any atom is -0.0115 e. The molecule has 0 aliphatic rings. The van der Waals surface area contributed by atoms with Crippen LogP contribution in [0.1, 0.15) is 19.4 Å². The van der Waals surface area contributed by atoms with Crippen molar-refractivity contribution in [1.82, 2.24) is 0 Å². The zero-order valence-electron chi connectivity index (χ0n) is 9.80. The minimum absolute atomic E-state index is 1.05. The number of aryl methyl sites for hydroxylation is 1. The highest BCUT2D eigenvalue weighted by molar-refractivity contribution is 5.66. The first-order valence-electron chi connectivity index (χ1n) is 5.12. The second-order valence-electron chi connectivity index (χ2n) is 4.04. The summed E-state index contributed by atoms with van der Waals surface area (Å²) in [5.74, 6) is 0. The molecule has 0 saturated carbocycles. The Labute approximate surface area is 92.0 Å². The van der Waals surface area contributed by atoms with Crippen LogP contribution < -0.4 is 10.4 Å². The van der Waals surface area contributed by atoms with Crippen LogP contribution in [0, 0.1) is 6.92 Å². The lowest BCUT2D eigenvalue weighted by Crippen LogP contribution is -2.24. The second kappa shape index (κ2) is 4.79. The Morgan fingerprint density at radius 2 is 1.93 bits per heavy atom. The Morgan fingerprint density at radius 1 is 1.27 bits per heavy atom. The van der Waals surface area contributed by atoms with Crippen LogP contribution in [0.5, 0.6) is 0 Å². The summed E-state index contributed by atoms with van der Waals surface area (Å²) in [4.78, 5) is 0. The Hall–Kier alpha value is -1.56. The summed E-state index contributed by atoms with van der Waals surface area (Å²) in [6.07, 6.45) is 4.02. The Balaban J connectivity index is 3.63. The van der Waals surface area contributed by atoms with E-state index in [2.05, 4.69) is 52.1 Å². The van der Waals surface area contributed by atoms with E-state index >= 15 is 0 Å². The van der Waals surface area contributed by atoms with Crippen molar-refractivity contribution in [1.29, 1.82) is 0 Å². The third kappa shape index (κ3) is 2.95. The summed E-state index contributed by atoms with van der Waals surface area (Å²) >= 11 is 0. The maximum absolute atomic E-state index is 4.04. The highest BCUT2D eigenvalue weighted by Gasteiger charge is 1.92. The largest absolute Gasteiger partial charge is 0.0984 e. The van der Waals surface area contributed by atoms with E-state index in [1.165, 1.54) is 16.4 Å². The molecule has 0 bridgehead atoms. The number of hydrogen-bond acceptors (Lipinski definition) is 0. The van der Waals surface area contributed by atoms with E-state index in [0.717, 1.165) is 10.8 Å². The monoisotopic (exact) mass is 198 g/mol. The summed E-state index contributed by atoms with van der Waals surface area (Å²) in [7, 11) is 0. The molecule has 0 heterocycles. The summed E-state index contributed by atoms with van der Waals surface area (Å²) in [5.41, 5.74) is 3.66. The van der Waals surface area contributed by atoms with Gasteiger partial charge in [-0.15, -0.1) is 0 Å². The quantitative estimate of drug-likeness (QED) is 0.685. The van der Waals surface area contributed by atoms with Gasteiger partial charge in [-0.1, -0.05) is 54.6 Å². The molecule has 0 heteroatoms. The fourth-order valence-corrected chi connectivity index (χ4v) is 1.52. The van der Waals surface area contributed by atoms with Crippen LogP contribution in [-0.2, 0) is 0 Å². The molecule has 0 nitrogen and oxygen atoms in total. The average molecular weight is 198 g/mol. The lowest BCUT2D eigenvalue weighted by atomic mass is 10.1. The maximum atomic E-state index is 4.04. The number of hydrogen-bond donors (Lipinski definition) is 0. The molecule has 78 valence electrons. The fraction of sp³-hybridized carbons (Fsp3) is 0.200. The van der Waals surface area contributed by atoms with E-state index in [1.54, 1.807) is 0 Å². The van der Waals surface area contributed by atoms with E-state index in [-0.39, 0.29) is 0 Å². The third-order valence-corrected chi connectivity index (χ3v) is 2.24. The van der Waals surface area contributed by atoms with E-state index in [1.807, 2.05) is 12.1 Å². The summed E-state index contributed by atoms with van der Waals surface area (Å²) < 4.78 is 0. The molecule has 0 saturated heterocycles. The standard InChI is InChI=1S/C15H18/c1-6-14(9-11(2)3)15-10-12(4)7-8-13(15)5/h6-10H,1,5H2,2-4H3/b15-14-. The van der Waals surface area contributed by atoms with Crippen LogP contribution in [-0.4, -0.2) is 0 Å². The SMILES string of the molecule is C=C/C(C=C(C)C)=c1\cc(C)ccc1=C. The predicted octanol–water partition coefficient (Wildman–Crippen LogP) is 2.71. The van der Waals surface area contributed by atoms with Crippen molar-refractivity contribution in [3.63, 3.8) is 0 Å². The summed E-state index contributed by atoms with van der Waals surface area (Å²) in [5, 5.41) is 2.22. The molecule has 1 aromatic rings. The molecule has 1 aromatic carbocycles. The van der Waals surface area contributed by atoms with Crippen LogP contribution in [0.25, 0.3) is 12.2 Å². The number of rotatable bonds is 2. The second-order valence-corrected chi connectivity index (χ2v) is 4.04. The molecule has 0 radical (unpaired) electrons. The lowest BCUT2D eigenvalue weighted by molar-refractivity contribution is 1.37. The smallest absolute Gasteiger partial charge is 0.0115 e. The van der Waals surface area contributed by atoms with Crippen molar-refractivity contribution in [2.75, 3.05) is 0 Å². The molecule has 0 spiro atoms. The van der Waals surface area contributed by atoms with Gasteiger partial charge in [-0.25, -0.2) is 0 Å². The first-order valence-corrected chi connectivity index (χ1v) is 5.12. The fourth-order valence-electron chi connectivity index (χ4n) is 1.52. The number of benzene rings is 1. The van der Waals surface area contributed by atoms with Crippen molar-refractivity contribution in [3.8, 4) is 0 Å². The van der Waals surface area contributed by atoms with E-state index in [4.69, 9.17) is 0 Å². The predicted molar refractivity (Wildman–Crippen MR) is 69.0 cm³/mol. The van der Waals surface area contributed by atoms with Gasteiger partial charge in [0, 0.05) is 0 Å². The first kappa shape index (κ1) is 11.5. The highest BCUT2D eigenvalue weighted by atomic mass is 14.0. The normalized spacial score (nSPS) is 11.9. The van der Waals surface area contributed by atoms with Gasteiger partial charge in [-0.05, 0) is 36.8 Å². The van der Waals surface area contributed by atoms with Crippen LogP contribution in [0.3, 0.4) is 0 Å². The van der Waals surface area contributed by atoms with Crippen LogP contribution in [0.2, 0.25) is 0 Å². The van der Waals surface area contributed by atoms with Gasteiger partial charge < -0.3 is 0 Å². The molecule has 0 aromatic heterocycles. The molecule has 0 atom stereocenters. The van der Waals surface area contributed by atoms with Gasteiger partial charge in [-0.3, -0.25) is 0 Å². The van der Waals surface area contributed by atoms with E-state index in [0.29, 0.717) is 0 Å². The molecule has 0 N–H and O–H groups in total. The van der Waals surface area contributed by atoms with Crippen molar-refractivity contribution in [2.45, 2.75) is 20.8 Å². The van der Waals surface area contributed by atoms with E-state index in [9.17, 15) is 0 Å². The summed E-state index contributed by atoms with van der Waals surface area (Å²) in [6.45, 7) is 14.2. The van der Waals surface area contributed by atoms with Crippen LogP contribution in [0.4, 0.5) is 0 Å². The van der Waals surface area contributed by atoms with Crippen LogP contribution in [0.15, 0.2) is 42.5 Å². The van der Waals surface area contributed by atoms with Crippen molar-refractivity contribution in [2.24, 2.45) is 0 Å². The summed E-state index contributed by atoms with van der Waals surface area (Å²) in [6, 6.07) is 6.28. The van der Waals surface area contributed by atoms with Crippen molar-refractivity contribution >= 4 is 12.2 Å². The molecule has 15 heavy (non-hydrogen) atoms. The highest BCUT2D eigenvalue weighted by Crippen LogP contribution is 2.01. The molecule has 0 aliphatic carbocycles. The van der Waals surface area contributed by atoms with E-state index < -0.39 is 0 Å². The third-order valence-electron chi connectivity index (χ3n) is 2.24. The van der Waals surface area contributed by atoms with Gasteiger partial charge in [0.25, 0.3) is 0 Å². The molecule has 0 amide bonds. The molecule has 0 unspecified atom stereocenters. The Bertz CT molecular complexity index is 497. The molecule has 1 rings (SSSR count). The van der Waals surface area contributed by atoms with Gasteiger partial charge in [0.05, 0.1) is 0 Å². The van der Waals surface area contributed by atoms with Crippen LogP contribution >= 0.6 is 0 Å². The topological polar surface area (TPSA) is 0 Å². The van der Waals surface area contributed by atoms with Gasteiger partial charge in [0.2, 0.25) is 0 Å². The minimum Gasteiger partial charge on any atom is -0.0984 e. The number of allylic oxidation sites excluding steroid dienone is 3.